The van der Waals surface area contributed by atoms with E-state index in [4.69, 9.17) is 33.7 Å². The molecule has 1 atom stereocenters. The van der Waals surface area contributed by atoms with E-state index in [2.05, 4.69) is 5.32 Å². The molecule has 1 amide bonds. The van der Waals surface area contributed by atoms with Gasteiger partial charge in [-0.15, -0.1) is 0 Å². The van der Waals surface area contributed by atoms with E-state index >= 15 is 0 Å². The molecule has 0 saturated heterocycles. The average molecular weight is 367 g/mol. The standard InChI is InChI=1S/C17H16Cl2N2O3/c1-9-6-7-11(8-13(9)20)17(23)24-10(2)16(22)21-14-5-3-4-12(18)15(14)19/h3-8,10H,20H2,1-2H3,(H,21,22)/t10-/m1/s1. The maximum absolute atomic E-state index is 12.1. The lowest BCUT2D eigenvalue weighted by molar-refractivity contribution is -0.123. The highest BCUT2D eigenvalue weighted by Crippen LogP contribution is 2.29. The number of nitrogen functional groups attached to an aromatic ring is 1. The number of nitrogens with two attached hydrogens (primary N) is 1. The first kappa shape index (κ1) is 18.1. The fourth-order valence-corrected chi connectivity index (χ4v) is 2.23. The summed E-state index contributed by atoms with van der Waals surface area (Å²) in [6, 6.07) is 9.66. The average Bonchev–Trinajstić information content (AvgIpc) is 2.54. The minimum Gasteiger partial charge on any atom is -0.449 e. The van der Waals surface area contributed by atoms with Gasteiger partial charge in [-0.3, -0.25) is 4.79 Å². The molecule has 0 aliphatic heterocycles. The third-order valence-corrected chi connectivity index (χ3v) is 4.20. The Morgan fingerprint density at radius 2 is 1.92 bits per heavy atom. The van der Waals surface area contributed by atoms with Gasteiger partial charge < -0.3 is 15.8 Å². The highest BCUT2D eigenvalue weighted by molar-refractivity contribution is 6.44. The van der Waals surface area contributed by atoms with Gasteiger partial charge in [-0.2, -0.15) is 0 Å². The van der Waals surface area contributed by atoms with Gasteiger partial charge in [-0.25, -0.2) is 4.79 Å². The number of benzene rings is 2. The monoisotopic (exact) mass is 366 g/mol. The molecule has 0 spiro atoms. The lowest BCUT2D eigenvalue weighted by Gasteiger charge is -2.15. The molecule has 0 heterocycles. The van der Waals surface area contributed by atoms with Crippen LogP contribution in [-0.2, 0) is 9.53 Å². The van der Waals surface area contributed by atoms with Crippen molar-refractivity contribution in [1.82, 2.24) is 0 Å². The molecule has 0 unspecified atom stereocenters. The maximum atomic E-state index is 12.1. The van der Waals surface area contributed by atoms with Crippen molar-refractivity contribution in [2.75, 3.05) is 11.1 Å². The van der Waals surface area contributed by atoms with Gasteiger partial charge >= 0.3 is 5.97 Å². The van der Waals surface area contributed by atoms with E-state index in [1.54, 1.807) is 30.3 Å². The first-order chi connectivity index (χ1) is 11.3. The van der Waals surface area contributed by atoms with Crippen LogP contribution in [0.15, 0.2) is 36.4 Å². The second kappa shape index (κ2) is 7.55. The topological polar surface area (TPSA) is 81.4 Å². The van der Waals surface area contributed by atoms with Crippen LogP contribution in [0.25, 0.3) is 0 Å². The van der Waals surface area contributed by atoms with Crippen molar-refractivity contribution in [3.63, 3.8) is 0 Å². The van der Waals surface area contributed by atoms with Crippen molar-refractivity contribution >= 4 is 46.5 Å². The third kappa shape index (κ3) is 4.19. The highest BCUT2D eigenvalue weighted by Gasteiger charge is 2.20. The van der Waals surface area contributed by atoms with E-state index in [9.17, 15) is 9.59 Å². The predicted molar refractivity (Wildman–Crippen MR) is 95.6 cm³/mol. The Morgan fingerprint density at radius 1 is 1.21 bits per heavy atom. The molecule has 5 nitrogen and oxygen atoms in total. The number of nitrogens with one attached hydrogen (secondary N) is 1. The summed E-state index contributed by atoms with van der Waals surface area (Å²) in [7, 11) is 0. The first-order valence-corrected chi connectivity index (χ1v) is 7.87. The summed E-state index contributed by atoms with van der Waals surface area (Å²) in [6.07, 6.45) is -1.02. The zero-order valence-corrected chi connectivity index (χ0v) is 14.6. The summed E-state index contributed by atoms with van der Waals surface area (Å²) in [6.45, 7) is 3.29. The number of ether oxygens (including phenoxy) is 1. The zero-order valence-electron chi connectivity index (χ0n) is 13.1. The van der Waals surface area contributed by atoms with Crippen molar-refractivity contribution in [3.8, 4) is 0 Å². The Kier molecular flexibility index (Phi) is 5.70. The summed E-state index contributed by atoms with van der Waals surface area (Å²) in [5.74, 6) is -1.16. The van der Waals surface area contributed by atoms with Gasteiger partial charge in [0.2, 0.25) is 0 Å². The van der Waals surface area contributed by atoms with Gasteiger partial charge in [0, 0.05) is 5.69 Å². The summed E-state index contributed by atoms with van der Waals surface area (Å²) in [5, 5.41) is 3.10. The fraction of sp³-hybridized carbons (Fsp3) is 0.176. The number of esters is 1. The lowest BCUT2D eigenvalue weighted by atomic mass is 10.1. The van der Waals surface area contributed by atoms with Gasteiger partial charge in [-0.1, -0.05) is 35.3 Å². The Morgan fingerprint density at radius 3 is 2.58 bits per heavy atom. The number of carbonyl (C=O) groups is 2. The number of anilines is 2. The molecule has 3 N–H and O–H groups in total. The number of amides is 1. The summed E-state index contributed by atoms with van der Waals surface area (Å²) < 4.78 is 5.15. The molecule has 0 aromatic heterocycles. The zero-order chi connectivity index (χ0) is 17.9. The number of hydrogen-bond donors (Lipinski definition) is 2. The maximum Gasteiger partial charge on any atom is 0.338 e. The molecule has 0 saturated carbocycles. The van der Waals surface area contributed by atoms with Crippen molar-refractivity contribution in [2.24, 2.45) is 0 Å². The van der Waals surface area contributed by atoms with E-state index in [0.717, 1.165) is 5.56 Å². The Balaban J connectivity index is 2.04. The van der Waals surface area contributed by atoms with Crippen molar-refractivity contribution in [3.05, 3.63) is 57.6 Å². The Hall–Kier alpha value is -2.24. The smallest absolute Gasteiger partial charge is 0.338 e. The number of halogens is 2. The van der Waals surface area contributed by atoms with Gasteiger partial charge in [0.25, 0.3) is 5.91 Å². The van der Waals surface area contributed by atoms with Crippen LogP contribution >= 0.6 is 23.2 Å². The second-order valence-electron chi connectivity index (χ2n) is 5.21. The molecule has 0 bridgehead atoms. The van der Waals surface area contributed by atoms with E-state index < -0.39 is 18.0 Å². The van der Waals surface area contributed by atoms with Crippen LogP contribution < -0.4 is 11.1 Å². The molecule has 0 aliphatic carbocycles. The van der Waals surface area contributed by atoms with Crippen LogP contribution in [0.4, 0.5) is 11.4 Å². The molecule has 2 rings (SSSR count). The van der Waals surface area contributed by atoms with E-state index in [0.29, 0.717) is 16.4 Å². The van der Waals surface area contributed by atoms with Crippen molar-refractivity contribution in [1.29, 1.82) is 0 Å². The SMILES string of the molecule is Cc1ccc(C(=O)O[C@H](C)C(=O)Nc2cccc(Cl)c2Cl)cc1N. The third-order valence-electron chi connectivity index (χ3n) is 3.38. The number of carbonyl (C=O) groups excluding carboxylic acids is 2. The molecule has 2 aromatic rings. The van der Waals surface area contributed by atoms with Crippen LogP contribution in [0.5, 0.6) is 0 Å². The molecule has 7 heteroatoms. The largest absolute Gasteiger partial charge is 0.449 e. The predicted octanol–water partition coefficient (Wildman–Crippen LogP) is 4.07. The molecule has 0 aliphatic rings. The molecule has 24 heavy (non-hydrogen) atoms. The van der Waals surface area contributed by atoms with E-state index in [-0.39, 0.29) is 10.6 Å². The quantitative estimate of drug-likeness (QED) is 0.631. The number of hydrogen-bond acceptors (Lipinski definition) is 4. The number of rotatable bonds is 4. The summed E-state index contributed by atoms with van der Waals surface area (Å²) >= 11 is 11.9. The van der Waals surface area contributed by atoms with Crippen LogP contribution in [0.2, 0.25) is 10.0 Å². The molecule has 126 valence electrons. The van der Waals surface area contributed by atoms with Crippen LogP contribution in [-0.4, -0.2) is 18.0 Å². The second-order valence-corrected chi connectivity index (χ2v) is 5.99. The summed E-state index contributed by atoms with van der Waals surface area (Å²) in [4.78, 5) is 24.2. The van der Waals surface area contributed by atoms with Gasteiger partial charge in [0.15, 0.2) is 6.10 Å². The summed E-state index contributed by atoms with van der Waals surface area (Å²) in [5.41, 5.74) is 7.72. The number of aryl methyl sites for hydroxylation is 1. The van der Waals surface area contributed by atoms with Crippen LogP contribution in [0.1, 0.15) is 22.8 Å². The van der Waals surface area contributed by atoms with Crippen LogP contribution in [0, 0.1) is 6.92 Å². The van der Waals surface area contributed by atoms with E-state index in [1.165, 1.54) is 13.0 Å². The lowest BCUT2D eigenvalue weighted by Crippen LogP contribution is -2.30. The molecular formula is C17H16Cl2N2O3. The Bertz CT molecular complexity index is 793. The van der Waals surface area contributed by atoms with Crippen LogP contribution in [0.3, 0.4) is 0 Å². The molecule has 0 fully saturated rings. The van der Waals surface area contributed by atoms with Crippen molar-refractivity contribution < 1.29 is 14.3 Å². The van der Waals surface area contributed by atoms with Gasteiger partial charge in [0.05, 0.1) is 21.3 Å². The molecule has 2 aromatic carbocycles. The minimum absolute atomic E-state index is 0.220. The van der Waals surface area contributed by atoms with E-state index in [1.807, 2.05) is 6.92 Å². The molecular weight excluding hydrogens is 351 g/mol. The highest BCUT2D eigenvalue weighted by atomic mass is 35.5. The fourth-order valence-electron chi connectivity index (χ4n) is 1.88. The van der Waals surface area contributed by atoms with Gasteiger partial charge in [-0.05, 0) is 43.7 Å². The minimum atomic E-state index is -1.02. The van der Waals surface area contributed by atoms with Crippen molar-refractivity contribution in [2.45, 2.75) is 20.0 Å². The Labute approximate surface area is 149 Å². The molecule has 0 radical (unpaired) electrons. The first-order valence-electron chi connectivity index (χ1n) is 7.11. The normalized spacial score (nSPS) is 11.7. The van der Waals surface area contributed by atoms with Gasteiger partial charge in [0.1, 0.15) is 0 Å².